The molecule has 0 aliphatic heterocycles. The summed E-state index contributed by atoms with van der Waals surface area (Å²) < 4.78 is 11.9. The molecular formula is C14H14N6O2. The summed E-state index contributed by atoms with van der Waals surface area (Å²) in [7, 11) is 0. The molecule has 112 valence electrons. The van der Waals surface area contributed by atoms with E-state index in [0.717, 1.165) is 0 Å². The lowest BCUT2D eigenvalue weighted by Gasteiger charge is -2.01. The second kappa shape index (κ2) is 6.53. The number of hydrogen-bond donors (Lipinski definition) is 1. The zero-order valence-corrected chi connectivity index (χ0v) is 11.9. The molecule has 0 unspecified atom stereocenters. The average molecular weight is 298 g/mol. The third-order valence-corrected chi connectivity index (χ3v) is 2.76. The van der Waals surface area contributed by atoms with Crippen LogP contribution in [0.5, 0.6) is 0 Å². The molecule has 3 aromatic heterocycles. The van der Waals surface area contributed by atoms with Gasteiger partial charge >= 0.3 is 0 Å². The fraction of sp³-hybridized carbons (Fsp3) is 0.143. The number of nitrogens with zero attached hydrogens (tertiary/aromatic N) is 5. The second-order valence-electron chi connectivity index (χ2n) is 4.25. The van der Waals surface area contributed by atoms with Gasteiger partial charge in [-0.05, 0) is 24.3 Å². The molecule has 0 bridgehead atoms. The molecule has 0 saturated heterocycles. The molecule has 3 rings (SSSR count). The summed E-state index contributed by atoms with van der Waals surface area (Å²) in [5.74, 6) is 2.38. The Morgan fingerprint density at radius 2 is 1.86 bits per heavy atom. The number of nitrogens with one attached hydrogen (secondary N) is 1. The molecular weight excluding hydrogens is 284 g/mol. The van der Waals surface area contributed by atoms with E-state index in [-0.39, 0.29) is 0 Å². The fourth-order valence-electron chi connectivity index (χ4n) is 1.72. The summed E-state index contributed by atoms with van der Waals surface area (Å²) in [6, 6.07) is 7.18. The topological polar surface area (TPSA) is 93.7 Å². The minimum atomic E-state index is 0.405. The summed E-state index contributed by atoms with van der Waals surface area (Å²) >= 11 is 0. The Labute approximate surface area is 126 Å². The smallest absolute Gasteiger partial charge is 0.266 e. The quantitative estimate of drug-likeness (QED) is 0.557. The molecule has 8 nitrogen and oxygen atoms in total. The van der Waals surface area contributed by atoms with Gasteiger partial charge in [-0.3, -0.25) is 0 Å². The van der Waals surface area contributed by atoms with Crippen LogP contribution in [0.2, 0.25) is 0 Å². The van der Waals surface area contributed by atoms with Crippen LogP contribution >= 0.6 is 0 Å². The number of aryl methyl sites for hydroxylation is 1. The van der Waals surface area contributed by atoms with Crippen LogP contribution in [0.4, 0.5) is 5.95 Å². The molecule has 0 atom stereocenters. The van der Waals surface area contributed by atoms with Gasteiger partial charge in [0.15, 0.2) is 5.82 Å². The summed E-state index contributed by atoms with van der Waals surface area (Å²) in [6.07, 6.45) is 6.98. The predicted octanol–water partition coefficient (Wildman–Crippen LogP) is 2.35. The van der Waals surface area contributed by atoms with Crippen molar-refractivity contribution in [3.63, 3.8) is 0 Å². The highest BCUT2D eigenvalue weighted by Gasteiger charge is 2.09. The van der Waals surface area contributed by atoms with E-state index in [1.54, 1.807) is 47.8 Å². The van der Waals surface area contributed by atoms with Crippen LogP contribution in [-0.2, 0) is 6.42 Å². The second-order valence-corrected chi connectivity index (χ2v) is 4.25. The standard InChI is InChI=1S/C14H14N6O2/c1-2-13-17-19-14(18-15-9-11-5-3-7-21-11)20(13)16-10-12-6-4-8-22-12/h3-10H,2H2,1H3,(H,18,19)/b15-9+,16-10+. The van der Waals surface area contributed by atoms with Crippen LogP contribution in [0.25, 0.3) is 0 Å². The molecule has 0 aromatic carbocycles. The molecule has 3 aromatic rings. The van der Waals surface area contributed by atoms with Crippen molar-refractivity contribution in [3.8, 4) is 0 Å². The highest BCUT2D eigenvalue weighted by Crippen LogP contribution is 2.09. The van der Waals surface area contributed by atoms with Crippen molar-refractivity contribution in [2.75, 3.05) is 5.43 Å². The summed E-state index contributed by atoms with van der Waals surface area (Å²) in [5.41, 5.74) is 2.79. The number of aromatic nitrogens is 3. The SMILES string of the molecule is CCc1nnc(N/N=C/c2ccco2)n1/N=C/c1ccco1. The molecule has 0 spiro atoms. The van der Waals surface area contributed by atoms with E-state index in [9.17, 15) is 0 Å². The van der Waals surface area contributed by atoms with E-state index in [1.165, 1.54) is 0 Å². The van der Waals surface area contributed by atoms with Gasteiger partial charge < -0.3 is 8.83 Å². The van der Waals surface area contributed by atoms with Crippen LogP contribution in [0, 0.1) is 0 Å². The van der Waals surface area contributed by atoms with Gasteiger partial charge in [0.05, 0.1) is 25.0 Å². The Balaban J connectivity index is 1.77. The Bertz CT molecular complexity index is 755. The van der Waals surface area contributed by atoms with Crippen molar-refractivity contribution in [1.29, 1.82) is 0 Å². The van der Waals surface area contributed by atoms with Gasteiger partial charge in [-0.15, -0.1) is 10.2 Å². The van der Waals surface area contributed by atoms with Crippen molar-refractivity contribution in [2.45, 2.75) is 13.3 Å². The third-order valence-electron chi connectivity index (χ3n) is 2.76. The van der Waals surface area contributed by atoms with E-state index >= 15 is 0 Å². The van der Waals surface area contributed by atoms with Gasteiger partial charge in [0.2, 0.25) is 0 Å². The molecule has 0 radical (unpaired) electrons. The van der Waals surface area contributed by atoms with Gasteiger partial charge in [0.25, 0.3) is 5.95 Å². The zero-order valence-electron chi connectivity index (χ0n) is 11.9. The number of hydrogen-bond acceptors (Lipinski definition) is 7. The monoisotopic (exact) mass is 298 g/mol. The fourth-order valence-corrected chi connectivity index (χ4v) is 1.72. The Morgan fingerprint density at radius 3 is 2.50 bits per heavy atom. The minimum Gasteiger partial charge on any atom is -0.463 e. The van der Waals surface area contributed by atoms with Crippen molar-refractivity contribution >= 4 is 18.4 Å². The van der Waals surface area contributed by atoms with E-state index < -0.39 is 0 Å². The maximum Gasteiger partial charge on any atom is 0.266 e. The summed E-state index contributed by atoms with van der Waals surface area (Å²) in [4.78, 5) is 0. The molecule has 0 amide bonds. The highest BCUT2D eigenvalue weighted by atomic mass is 16.3. The Morgan fingerprint density at radius 1 is 1.14 bits per heavy atom. The molecule has 0 aliphatic carbocycles. The molecule has 0 fully saturated rings. The lowest BCUT2D eigenvalue weighted by Crippen LogP contribution is -2.02. The maximum atomic E-state index is 5.21. The molecule has 3 heterocycles. The van der Waals surface area contributed by atoms with Crippen molar-refractivity contribution < 1.29 is 8.83 Å². The summed E-state index contributed by atoms with van der Waals surface area (Å²) in [6.45, 7) is 1.97. The van der Waals surface area contributed by atoms with Crippen molar-refractivity contribution in [1.82, 2.24) is 14.9 Å². The largest absolute Gasteiger partial charge is 0.463 e. The van der Waals surface area contributed by atoms with Crippen LogP contribution in [-0.4, -0.2) is 27.3 Å². The third kappa shape index (κ3) is 3.11. The normalized spacial score (nSPS) is 11.7. The van der Waals surface area contributed by atoms with Gasteiger partial charge in [-0.25, -0.2) is 5.43 Å². The Hall–Kier alpha value is -3.16. The molecule has 0 saturated carbocycles. The number of anilines is 1. The van der Waals surface area contributed by atoms with E-state index in [1.807, 2.05) is 13.0 Å². The first-order chi connectivity index (χ1) is 10.9. The van der Waals surface area contributed by atoms with Gasteiger partial charge in [0.1, 0.15) is 11.5 Å². The average Bonchev–Trinajstić information content (AvgIpc) is 3.27. The van der Waals surface area contributed by atoms with Crippen LogP contribution in [0.15, 0.2) is 55.8 Å². The lowest BCUT2D eigenvalue weighted by molar-refractivity contribution is 0.559. The van der Waals surface area contributed by atoms with E-state index in [0.29, 0.717) is 29.7 Å². The first-order valence-electron chi connectivity index (χ1n) is 6.71. The van der Waals surface area contributed by atoms with Crippen LogP contribution in [0.3, 0.4) is 0 Å². The van der Waals surface area contributed by atoms with Crippen LogP contribution < -0.4 is 5.43 Å². The molecule has 0 aliphatic rings. The molecule has 8 heteroatoms. The minimum absolute atomic E-state index is 0.405. The van der Waals surface area contributed by atoms with Crippen LogP contribution in [0.1, 0.15) is 24.3 Å². The number of furan rings is 2. The highest BCUT2D eigenvalue weighted by molar-refractivity contribution is 5.76. The number of hydrazone groups is 1. The van der Waals surface area contributed by atoms with Gasteiger partial charge in [-0.1, -0.05) is 6.92 Å². The lowest BCUT2D eigenvalue weighted by atomic mass is 10.5. The van der Waals surface area contributed by atoms with Gasteiger partial charge in [0, 0.05) is 6.42 Å². The zero-order chi connectivity index (χ0) is 15.2. The first kappa shape index (κ1) is 13.8. The van der Waals surface area contributed by atoms with E-state index in [2.05, 4.69) is 25.8 Å². The predicted molar refractivity (Wildman–Crippen MR) is 81.0 cm³/mol. The van der Waals surface area contributed by atoms with Gasteiger partial charge in [-0.2, -0.15) is 14.9 Å². The maximum absolute atomic E-state index is 5.21. The molecule has 22 heavy (non-hydrogen) atoms. The number of rotatable bonds is 6. The Kier molecular flexibility index (Phi) is 4.10. The first-order valence-corrected chi connectivity index (χ1v) is 6.71. The summed E-state index contributed by atoms with van der Waals surface area (Å²) in [5, 5.41) is 16.4. The molecule has 1 N–H and O–H groups in total. The van der Waals surface area contributed by atoms with E-state index in [4.69, 9.17) is 8.83 Å². The van der Waals surface area contributed by atoms with Crippen molar-refractivity contribution in [2.24, 2.45) is 10.2 Å². The van der Waals surface area contributed by atoms with Crippen molar-refractivity contribution in [3.05, 3.63) is 54.1 Å².